The Kier molecular flexibility index (Phi) is 5.55. The topological polar surface area (TPSA) is 53.0 Å². The smallest absolute Gasteiger partial charge is 0.121 e. The Morgan fingerprint density at radius 1 is 1.30 bits per heavy atom. The van der Waals surface area contributed by atoms with Gasteiger partial charge in [-0.2, -0.15) is 0 Å². The highest BCUT2D eigenvalue weighted by Gasteiger charge is 2.56. The second-order valence-electron chi connectivity index (χ2n) is 7.87. The lowest BCUT2D eigenvalue weighted by molar-refractivity contribution is 0.103. The number of allylic oxidation sites excluding steroid dienone is 4. The number of ether oxygens (including phenoxy) is 1. The lowest BCUT2D eigenvalue weighted by atomic mass is 9.90. The van der Waals surface area contributed by atoms with Crippen LogP contribution in [0.15, 0.2) is 35.5 Å². The van der Waals surface area contributed by atoms with Crippen LogP contribution in [0.5, 0.6) is 0 Å². The van der Waals surface area contributed by atoms with E-state index in [9.17, 15) is 10.2 Å². The number of epoxide rings is 1. The van der Waals surface area contributed by atoms with Gasteiger partial charge < -0.3 is 14.9 Å². The molecule has 1 fully saturated rings. The van der Waals surface area contributed by atoms with Crippen molar-refractivity contribution < 1.29 is 14.9 Å². The lowest BCUT2D eigenvalue weighted by Gasteiger charge is -2.20. The predicted octanol–water partition coefficient (Wildman–Crippen LogP) is 3.91. The maximum absolute atomic E-state index is 10.6. The normalized spacial score (nSPS) is 39.3. The number of hydrogen-bond acceptors (Lipinski definition) is 3. The molecule has 23 heavy (non-hydrogen) atoms. The largest absolute Gasteiger partial charge is 0.386 e. The average Bonchev–Trinajstić information content (AvgIpc) is 3.12. The van der Waals surface area contributed by atoms with Crippen molar-refractivity contribution >= 4 is 0 Å². The van der Waals surface area contributed by atoms with Gasteiger partial charge in [-0.25, -0.2) is 0 Å². The van der Waals surface area contributed by atoms with Gasteiger partial charge in [0.2, 0.25) is 0 Å². The Morgan fingerprint density at radius 2 is 2.00 bits per heavy atom. The van der Waals surface area contributed by atoms with Gasteiger partial charge in [-0.1, -0.05) is 37.6 Å². The molecule has 0 amide bonds. The van der Waals surface area contributed by atoms with Gasteiger partial charge in [0.15, 0.2) is 0 Å². The van der Waals surface area contributed by atoms with E-state index >= 15 is 0 Å². The Bertz CT molecular complexity index is 513. The first-order chi connectivity index (χ1) is 10.6. The van der Waals surface area contributed by atoms with Gasteiger partial charge in [0.25, 0.3) is 0 Å². The minimum absolute atomic E-state index is 0.126. The molecule has 2 N–H and O–H groups in total. The monoisotopic (exact) mass is 320 g/mol. The minimum Gasteiger partial charge on any atom is -0.386 e. The van der Waals surface area contributed by atoms with Crippen molar-refractivity contribution in [3.63, 3.8) is 0 Å². The van der Waals surface area contributed by atoms with Gasteiger partial charge in [0.1, 0.15) is 11.7 Å². The molecule has 0 saturated carbocycles. The molecule has 1 heterocycles. The van der Waals surface area contributed by atoms with Gasteiger partial charge in [-0.15, -0.1) is 0 Å². The van der Waals surface area contributed by atoms with E-state index in [1.54, 1.807) is 0 Å². The van der Waals surface area contributed by atoms with Gasteiger partial charge >= 0.3 is 0 Å². The minimum atomic E-state index is -0.831. The summed E-state index contributed by atoms with van der Waals surface area (Å²) in [5.74, 6) is 0.285. The third-order valence-corrected chi connectivity index (χ3v) is 5.16. The quantitative estimate of drug-likeness (QED) is 0.569. The molecule has 4 unspecified atom stereocenters. The third-order valence-electron chi connectivity index (χ3n) is 5.16. The van der Waals surface area contributed by atoms with Crippen molar-refractivity contribution in [1.29, 1.82) is 0 Å². The molecule has 3 heteroatoms. The number of aliphatic hydroxyl groups is 2. The maximum atomic E-state index is 10.6. The van der Waals surface area contributed by atoms with E-state index in [2.05, 4.69) is 26.8 Å². The standard InChI is InChI=1S/C20H32O3/c1-14(2)16-10-12-19(4,22)11-6-7-15(3)8-9-18-20(5,23-18)17(21)13-16/h7,10,12-14,17-18,21-22H,6,8-9,11H2,1-5H3. The van der Waals surface area contributed by atoms with Gasteiger partial charge in [0.05, 0.1) is 11.7 Å². The number of rotatable bonds is 1. The van der Waals surface area contributed by atoms with E-state index in [1.165, 1.54) is 5.57 Å². The number of aliphatic hydroxyl groups excluding tert-OH is 1. The van der Waals surface area contributed by atoms with Crippen LogP contribution in [0, 0.1) is 5.92 Å². The van der Waals surface area contributed by atoms with Crippen LogP contribution >= 0.6 is 0 Å². The van der Waals surface area contributed by atoms with E-state index in [4.69, 9.17) is 4.74 Å². The van der Waals surface area contributed by atoms with Crippen molar-refractivity contribution in [2.24, 2.45) is 5.92 Å². The summed E-state index contributed by atoms with van der Waals surface area (Å²) in [4.78, 5) is 0. The van der Waals surface area contributed by atoms with Crippen molar-refractivity contribution in [2.75, 3.05) is 0 Å². The molecule has 3 nitrogen and oxygen atoms in total. The van der Waals surface area contributed by atoms with Crippen LogP contribution in [-0.2, 0) is 4.74 Å². The van der Waals surface area contributed by atoms with Crippen molar-refractivity contribution in [3.8, 4) is 0 Å². The lowest BCUT2D eigenvalue weighted by Crippen LogP contribution is -2.28. The molecule has 130 valence electrons. The first-order valence-electron chi connectivity index (χ1n) is 8.79. The Labute approximate surface area is 140 Å². The van der Waals surface area contributed by atoms with Gasteiger partial charge in [-0.3, -0.25) is 0 Å². The number of hydrogen-bond donors (Lipinski definition) is 2. The van der Waals surface area contributed by atoms with Crippen molar-refractivity contribution in [2.45, 2.75) is 83.7 Å². The molecular weight excluding hydrogens is 288 g/mol. The van der Waals surface area contributed by atoms with E-state index in [-0.39, 0.29) is 12.0 Å². The first-order valence-corrected chi connectivity index (χ1v) is 8.79. The fourth-order valence-corrected chi connectivity index (χ4v) is 3.10. The second kappa shape index (κ2) is 6.92. The van der Waals surface area contributed by atoms with Crippen LogP contribution in [0.1, 0.15) is 60.3 Å². The molecule has 0 radical (unpaired) electrons. The molecule has 0 aromatic rings. The summed E-state index contributed by atoms with van der Waals surface area (Å²) in [5, 5.41) is 21.1. The summed E-state index contributed by atoms with van der Waals surface area (Å²) in [6.45, 7) is 10.2. The summed E-state index contributed by atoms with van der Waals surface area (Å²) in [6.07, 6.45) is 10.9. The molecule has 1 aliphatic carbocycles. The van der Waals surface area contributed by atoms with Crippen LogP contribution < -0.4 is 0 Å². The summed E-state index contributed by atoms with van der Waals surface area (Å²) < 4.78 is 5.81. The SMILES string of the molecule is CC1=CCCC(C)(O)C=CC(C(C)C)=CC(O)C2(C)OC2CC1. The fraction of sp³-hybridized carbons (Fsp3) is 0.700. The van der Waals surface area contributed by atoms with Crippen LogP contribution in [-0.4, -0.2) is 33.6 Å². The van der Waals surface area contributed by atoms with Gasteiger partial charge in [0, 0.05) is 0 Å². The molecule has 1 aliphatic heterocycles. The summed E-state index contributed by atoms with van der Waals surface area (Å²) in [5.41, 5.74) is 1.06. The van der Waals surface area contributed by atoms with Crippen molar-refractivity contribution in [3.05, 3.63) is 35.5 Å². The predicted molar refractivity (Wildman–Crippen MR) is 94.2 cm³/mol. The van der Waals surface area contributed by atoms with Gasteiger partial charge in [-0.05, 0) is 64.0 Å². The number of fused-ring (bicyclic) bond motifs is 1. The zero-order chi connectivity index (χ0) is 17.3. The molecule has 4 atom stereocenters. The highest BCUT2D eigenvalue weighted by molar-refractivity contribution is 5.27. The average molecular weight is 320 g/mol. The summed E-state index contributed by atoms with van der Waals surface area (Å²) in [6, 6.07) is 0. The molecule has 0 spiro atoms. The summed E-state index contributed by atoms with van der Waals surface area (Å²) >= 11 is 0. The molecule has 0 bridgehead atoms. The highest BCUT2D eigenvalue weighted by atomic mass is 16.6. The second-order valence-corrected chi connectivity index (χ2v) is 7.87. The van der Waals surface area contributed by atoms with Crippen LogP contribution in [0.3, 0.4) is 0 Å². The van der Waals surface area contributed by atoms with E-state index in [0.29, 0.717) is 6.42 Å². The van der Waals surface area contributed by atoms with E-state index in [1.807, 2.05) is 32.1 Å². The van der Waals surface area contributed by atoms with Crippen molar-refractivity contribution in [1.82, 2.24) is 0 Å². The highest BCUT2D eigenvalue weighted by Crippen LogP contribution is 2.43. The van der Waals surface area contributed by atoms with E-state index < -0.39 is 17.3 Å². The van der Waals surface area contributed by atoms with Crippen LogP contribution in [0.4, 0.5) is 0 Å². The Hall–Kier alpha value is -0.900. The van der Waals surface area contributed by atoms with E-state index in [0.717, 1.165) is 24.8 Å². The summed E-state index contributed by atoms with van der Waals surface area (Å²) in [7, 11) is 0. The zero-order valence-electron chi connectivity index (χ0n) is 15.2. The third kappa shape index (κ3) is 4.79. The first kappa shape index (κ1) is 18.4. The Balaban J connectivity index is 2.28. The molecule has 1 saturated heterocycles. The molecular formula is C20H32O3. The van der Waals surface area contributed by atoms with Crippen LogP contribution in [0.2, 0.25) is 0 Å². The Morgan fingerprint density at radius 3 is 2.65 bits per heavy atom. The molecule has 2 aliphatic rings. The molecule has 2 rings (SSSR count). The van der Waals surface area contributed by atoms with Crippen LogP contribution in [0.25, 0.3) is 0 Å². The molecule has 0 aromatic heterocycles. The molecule has 0 aromatic carbocycles. The fourth-order valence-electron chi connectivity index (χ4n) is 3.10. The zero-order valence-corrected chi connectivity index (χ0v) is 15.2. The maximum Gasteiger partial charge on any atom is 0.121 e.